The van der Waals surface area contributed by atoms with Gasteiger partial charge in [0.05, 0.1) is 28.1 Å². The standard InChI is InChI=1S/C18H13ClN6O2/c19-10-5-1-2-6-11(10)22-16(26)14-15(21-9-20-14)17(27)25-18-23-12-7-3-4-8-13(12)24-18/h1-9H,(H,20,21)(H,22,26)(H2,23,24,25,27). The number of nitrogens with zero attached hydrogens (tertiary/aromatic N) is 2. The lowest BCUT2D eigenvalue weighted by Crippen LogP contribution is -2.21. The number of fused-ring (bicyclic) bond motifs is 1. The molecule has 2 aromatic carbocycles. The number of carbonyl (C=O) groups is 2. The lowest BCUT2D eigenvalue weighted by Gasteiger charge is -2.06. The Labute approximate surface area is 158 Å². The van der Waals surface area contributed by atoms with Gasteiger partial charge in [0.15, 0.2) is 5.69 Å². The van der Waals surface area contributed by atoms with E-state index in [0.29, 0.717) is 16.2 Å². The minimum atomic E-state index is -0.556. The van der Waals surface area contributed by atoms with E-state index in [2.05, 4.69) is 30.6 Å². The summed E-state index contributed by atoms with van der Waals surface area (Å²) >= 11 is 6.04. The molecule has 134 valence electrons. The molecule has 0 aliphatic heterocycles. The molecule has 2 heterocycles. The minimum Gasteiger partial charge on any atom is -0.340 e. The van der Waals surface area contributed by atoms with Gasteiger partial charge in [-0.3, -0.25) is 14.9 Å². The summed E-state index contributed by atoms with van der Waals surface area (Å²) in [6.45, 7) is 0. The molecule has 0 saturated heterocycles. The third-order valence-corrected chi connectivity index (χ3v) is 4.15. The number of hydrogen-bond acceptors (Lipinski definition) is 4. The van der Waals surface area contributed by atoms with Gasteiger partial charge < -0.3 is 15.3 Å². The van der Waals surface area contributed by atoms with Crippen molar-refractivity contribution in [3.05, 3.63) is 71.3 Å². The van der Waals surface area contributed by atoms with Crippen LogP contribution in [0.2, 0.25) is 5.02 Å². The monoisotopic (exact) mass is 380 g/mol. The zero-order valence-electron chi connectivity index (χ0n) is 13.8. The van der Waals surface area contributed by atoms with E-state index in [0.717, 1.165) is 5.52 Å². The zero-order valence-corrected chi connectivity index (χ0v) is 14.5. The lowest BCUT2D eigenvalue weighted by atomic mass is 10.2. The van der Waals surface area contributed by atoms with E-state index in [4.69, 9.17) is 11.6 Å². The summed E-state index contributed by atoms with van der Waals surface area (Å²) in [4.78, 5) is 38.9. The van der Waals surface area contributed by atoms with Gasteiger partial charge in [-0.2, -0.15) is 0 Å². The van der Waals surface area contributed by atoms with Gasteiger partial charge in [0, 0.05) is 0 Å². The molecule has 0 saturated carbocycles. The number of amides is 2. The number of hydrogen-bond donors (Lipinski definition) is 4. The zero-order chi connectivity index (χ0) is 18.8. The smallest absolute Gasteiger partial charge is 0.276 e. The average Bonchev–Trinajstić information content (AvgIpc) is 3.29. The molecule has 0 atom stereocenters. The molecule has 0 aliphatic carbocycles. The quantitative estimate of drug-likeness (QED) is 0.434. The minimum absolute atomic E-state index is 0.0139. The highest BCUT2D eigenvalue weighted by Crippen LogP contribution is 2.21. The molecule has 4 aromatic rings. The van der Waals surface area contributed by atoms with Crippen LogP contribution in [0.15, 0.2) is 54.9 Å². The molecule has 2 aromatic heterocycles. The molecule has 0 radical (unpaired) electrons. The number of carbonyl (C=O) groups excluding carboxylic acids is 2. The van der Waals surface area contributed by atoms with E-state index >= 15 is 0 Å². The molecule has 0 aliphatic rings. The van der Waals surface area contributed by atoms with Crippen LogP contribution in [0.3, 0.4) is 0 Å². The number of nitrogens with one attached hydrogen (secondary N) is 4. The maximum atomic E-state index is 12.5. The van der Waals surface area contributed by atoms with Gasteiger partial charge in [-0.15, -0.1) is 0 Å². The molecular weight excluding hydrogens is 368 g/mol. The molecule has 4 rings (SSSR count). The van der Waals surface area contributed by atoms with Gasteiger partial charge >= 0.3 is 0 Å². The molecular formula is C18H13ClN6O2. The van der Waals surface area contributed by atoms with E-state index in [1.165, 1.54) is 6.33 Å². The van der Waals surface area contributed by atoms with Crippen molar-refractivity contribution < 1.29 is 9.59 Å². The van der Waals surface area contributed by atoms with Crippen LogP contribution in [-0.2, 0) is 0 Å². The Morgan fingerprint density at radius 3 is 2.56 bits per heavy atom. The Balaban J connectivity index is 1.54. The van der Waals surface area contributed by atoms with E-state index in [1.807, 2.05) is 24.3 Å². The Hall–Kier alpha value is -3.65. The third-order valence-electron chi connectivity index (χ3n) is 3.82. The highest BCUT2D eigenvalue weighted by molar-refractivity contribution is 6.34. The van der Waals surface area contributed by atoms with Crippen molar-refractivity contribution in [2.45, 2.75) is 0 Å². The summed E-state index contributed by atoms with van der Waals surface area (Å²) in [7, 11) is 0. The van der Waals surface area contributed by atoms with Gasteiger partial charge in [-0.05, 0) is 24.3 Å². The van der Waals surface area contributed by atoms with Crippen LogP contribution in [0.4, 0.5) is 11.6 Å². The van der Waals surface area contributed by atoms with Crippen LogP contribution in [0, 0.1) is 0 Å². The predicted molar refractivity (Wildman–Crippen MR) is 102 cm³/mol. The average molecular weight is 381 g/mol. The first-order valence-corrected chi connectivity index (χ1v) is 8.35. The number of benzene rings is 2. The highest BCUT2D eigenvalue weighted by Gasteiger charge is 2.22. The fourth-order valence-electron chi connectivity index (χ4n) is 2.57. The Kier molecular flexibility index (Phi) is 4.31. The van der Waals surface area contributed by atoms with Crippen molar-refractivity contribution >= 4 is 46.1 Å². The largest absolute Gasteiger partial charge is 0.340 e. The molecule has 4 N–H and O–H groups in total. The van der Waals surface area contributed by atoms with Crippen LogP contribution in [0.1, 0.15) is 21.0 Å². The summed E-state index contributed by atoms with van der Waals surface area (Å²) < 4.78 is 0. The van der Waals surface area contributed by atoms with Crippen LogP contribution < -0.4 is 10.6 Å². The summed E-state index contributed by atoms with van der Waals surface area (Å²) in [5, 5.41) is 5.64. The second-order valence-electron chi connectivity index (χ2n) is 5.62. The number of rotatable bonds is 4. The van der Waals surface area contributed by atoms with Crippen molar-refractivity contribution in [3.8, 4) is 0 Å². The second kappa shape index (κ2) is 6.93. The van der Waals surface area contributed by atoms with Gasteiger partial charge in [-0.1, -0.05) is 35.9 Å². The molecule has 8 nitrogen and oxygen atoms in total. The van der Waals surface area contributed by atoms with Crippen LogP contribution >= 0.6 is 11.6 Å². The first-order valence-electron chi connectivity index (χ1n) is 7.97. The Bertz CT molecular complexity index is 1120. The predicted octanol–water partition coefficient (Wildman–Crippen LogP) is 3.44. The number of aromatic nitrogens is 4. The molecule has 0 fully saturated rings. The van der Waals surface area contributed by atoms with Crippen molar-refractivity contribution in [1.82, 2.24) is 19.9 Å². The van der Waals surface area contributed by atoms with E-state index in [-0.39, 0.29) is 17.3 Å². The topological polar surface area (TPSA) is 116 Å². The number of H-pyrrole nitrogens is 2. The number of imidazole rings is 2. The summed E-state index contributed by atoms with van der Waals surface area (Å²) in [6, 6.07) is 14.2. The van der Waals surface area contributed by atoms with Crippen LogP contribution in [0.25, 0.3) is 11.0 Å². The Morgan fingerprint density at radius 1 is 0.963 bits per heavy atom. The molecule has 2 amide bonds. The van der Waals surface area contributed by atoms with Crippen molar-refractivity contribution in [1.29, 1.82) is 0 Å². The first-order chi connectivity index (χ1) is 13.1. The van der Waals surface area contributed by atoms with Crippen molar-refractivity contribution in [2.75, 3.05) is 10.6 Å². The normalized spacial score (nSPS) is 10.7. The van der Waals surface area contributed by atoms with Gasteiger partial charge in [0.2, 0.25) is 5.95 Å². The van der Waals surface area contributed by atoms with Gasteiger partial charge in [0.25, 0.3) is 11.8 Å². The number of anilines is 2. The fourth-order valence-corrected chi connectivity index (χ4v) is 2.75. The van der Waals surface area contributed by atoms with Crippen LogP contribution in [0.5, 0.6) is 0 Å². The number of aromatic amines is 2. The maximum absolute atomic E-state index is 12.5. The molecule has 27 heavy (non-hydrogen) atoms. The molecule has 0 spiro atoms. The third kappa shape index (κ3) is 3.38. The van der Waals surface area contributed by atoms with Crippen LogP contribution in [-0.4, -0.2) is 31.8 Å². The molecule has 0 unspecified atom stereocenters. The van der Waals surface area contributed by atoms with Crippen molar-refractivity contribution in [3.63, 3.8) is 0 Å². The second-order valence-corrected chi connectivity index (χ2v) is 6.02. The number of halogens is 1. The first kappa shape index (κ1) is 16.8. The van der Waals surface area contributed by atoms with E-state index < -0.39 is 11.8 Å². The van der Waals surface area contributed by atoms with Gasteiger partial charge in [-0.25, -0.2) is 9.97 Å². The maximum Gasteiger partial charge on any atom is 0.276 e. The van der Waals surface area contributed by atoms with Crippen molar-refractivity contribution in [2.24, 2.45) is 0 Å². The summed E-state index contributed by atoms with van der Waals surface area (Å²) in [5.41, 5.74) is 1.89. The fraction of sp³-hybridized carbons (Fsp3) is 0. The van der Waals surface area contributed by atoms with E-state index in [1.54, 1.807) is 24.3 Å². The van der Waals surface area contributed by atoms with Gasteiger partial charge in [0.1, 0.15) is 5.69 Å². The lowest BCUT2D eigenvalue weighted by molar-refractivity contribution is 0.0985. The Morgan fingerprint density at radius 2 is 1.74 bits per heavy atom. The SMILES string of the molecule is O=C(Nc1ccccc1Cl)c1nc[nH]c1C(=O)Nc1nc2ccccc2[nH]1. The molecule has 0 bridgehead atoms. The molecule has 9 heteroatoms. The summed E-state index contributed by atoms with van der Waals surface area (Å²) in [5.74, 6) is -0.830. The van der Waals surface area contributed by atoms with E-state index in [9.17, 15) is 9.59 Å². The highest BCUT2D eigenvalue weighted by atomic mass is 35.5. The summed E-state index contributed by atoms with van der Waals surface area (Å²) in [6.07, 6.45) is 1.27. The number of para-hydroxylation sites is 3.